The van der Waals surface area contributed by atoms with E-state index in [2.05, 4.69) is 0 Å². The van der Waals surface area contributed by atoms with Crippen molar-refractivity contribution in [3.8, 4) is 0 Å². The number of anilines is 1. The molecular weight excluding hydrogens is 266 g/mol. The van der Waals surface area contributed by atoms with Crippen LogP contribution in [0.3, 0.4) is 0 Å². The van der Waals surface area contributed by atoms with Gasteiger partial charge in [-0.05, 0) is 37.0 Å². The molecule has 100 valence electrons. The minimum absolute atomic E-state index is 0.296. The molecule has 1 fully saturated rings. The molecule has 0 saturated heterocycles. The lowest BCUT2D eigenvalue weighted by atomic mass is 10.1. The van der Waals surface area contributed by atoms with Crippen molar-refractivity contribution in [2.75, 3.05) is 17.7 Å². The molecule has 0 amide bonds. The molecule has 0 bridgehead atoms. The lowest BCUT2D eigenvalue weighted by Crippen LogP contribution is -2.01. The Morgan fingerprint density at radius 2 is 2.00 bits per heavy atom. The molecule has 5 heteroatoms. The number of thioether (sulfide) groups is 1. The van der Waals surface area contributed by atoms with Crippen LogP contribution in [-0.4, -0.2) is 20.4 Å². The zero-order chi connectivity index (χ0) is 13.2. The Morgan fingerprint density at radius 3 is 2.56 bits per heavy atom. The van der Waals surface area contributed by atoms with Crippen LogP contribution in [0.4, 0.5) is 5.69 Å². The summed E-state index contributed by atoms with van der Waals surface area (Å²) in [6.07, 6.45) is 6.51. The van der Waals surface area contributed by atoms with Crippen LogP contribution in [0.2, 0.25) is 0 Å². The third-order valence-corrected chi connectivity index (χ3v) is 5.79. The third kappa shape index (κ3) is 3.42. The van der Waals surface area contributed by atoms with Crippen LogP contribution in [0.1, 0.15) is 25.7 Å². The summed E-state index contributed by atoms with van der Waals surface area (Å²) < 4.78 is 22.8. The fraction of sp³-hybridized carbons (Fsp3) is 0.538. The van der Waals surface area contributed by atoms with Crippen molar-refractivity contribution in [1.29, 1.82) is 0 Å². The highest BCUT2D eigenvalue weighted by Crippen LogP contribution is 2.33. The number of sulfone groups is 1. The second-order valence-electron chi connectivity index (χ2n) is 4.93. The highest BCUT2D eigenvalue weighted by atomic mass is 32.2. The summed E-state index contributed by atoms with van der Waals surface area (Å²) in [6, 6.07) is 5.03. The van der Waals surface area contributed by atoms with Gasteiger partial charge in [0.2, 0.25) is 0 Å². The van der Waals surface area contributed by atoms with Gasteiger partial charge in [0.1, 0.15) is 0 Å². The molecule has 0 unspecified atom stereocenters. The Bertz CT molecular complexity index is 520. The Labute approximate surface area is 113 Å². The summed E-state index contributed by atoms with van der Waals surface area (Å²) in [4.78, 5) is 1.29. The Kier molecular flexibility index (Phi) is 4.22. The standard InChI is InChI=1S/C13H19NO2S2/c1-18(15,16)11-6-7-13(12(14)8-11)17-9-10-4-2-3-5-10/h6-8,10H,2-5,9,14H2,1H3. The molecule has 1 aliphatic rings. The second-order valence-corrected chi connectivity index (χ2v) is 8.01. The van der Waals surface area contributed by atoms with Gasteiger partial charge >= 0.3 is 0 Å². The molecule has 0 atom stereocenters. The first-order valence-corrected chi connectivity index (χ1v) is 9.07. The van der Waals surface area contributed by atoms with E-state index in [1.807, 2.05) is 6.07 Å². The summed E-state index contributed by atoms with van der Waals surface area (Å²) in [5.41, 5.74) is 6.49. The second kappa shape index (κ2) is 5.53. The predicted molar refractivity (Wildman–Crippen MR) is 76.6 cm³/mol. The van der Waals surface area contributed by atoms with Crippen molar-refractivity contribution in [2.45, 2.75) is 35.5 Å². The van der Waals surface area contributed by atoms with Crippen molar-refractivity contribution in [3.63, 3.8) is 0 Å². The van der Waals surface area contributed by atoms with E-state index in [-0.39, 0.29) is 0 Å². The van der Waals surface area contributed by atoms with Gasteiger partial charge in [0.25, 0.3) is 0 Å². The van der Waals surface area contributed by atoms with Crippen LogP contribution >= 0.6 is 11.8 Å². The Morgan fingerprint density at radius 1 is 1.33 bits per heavy atom. The number of hydrogen-bond donors (Lipinski definition) is 1. The summed E-state index contributed by atoms with van der Waals surface area (Å²) in [5.74, 6) is 1.88. The first-order chi connectivity index (χ1) is 8.47. The van der Waals surface area contributed by atoms with Gasteiger partial charge in [-0.25, -0.2) is 8.42 Å². The molecule has 2 N–H and O–H groups in total. The molecule has 0 spiro atoms. The number of rotatable bonds is 4. The molecular formula is C13H19NO2S2. The van der Waals surface area contributed by atoms with Crippen LogP contribution < -0.4 is 5.73 Å². The van der Waals surface area contributed by atoms with E-state index in [0.29, 0.717) is 10.6 Å². The molecule has 0 radical (unpaired) electrons. The molecule has 1 aromatic carbocycles. The molecule has 1 aliphatic carbocycles. The summed E-state index contributed by atoms with van der Waals surface area (Å²) in [6.45, 7) is 0. The maximum Gasteiger partial charge on any atom is 0.175 e. The average Bonchev–Trinajstić information content (AvgIpc) is 2.79. The number of nitrogens with two attached hydrogens (primary N) is 1. The topological polar surface area (TPSA) is 60.2 Å². The lowest BCUT2D eigenvalue weighted by molar-refractivity contribution is 0.602. The Hall–Kier alpha value is -0.680. The van der Waals surface area contributed by atoms with E-state index >= 15 is 0 Å². The number of hydrogen-bond acceptors (Lipinski definition) is 4. The van der Waals surface area contributed by atoms with E-state index in [0.717, 1.165) is 16.6 Å². The van der Waals surface area contributed by atoms with Gasteiger partial charge in [0, 0.05) is 22.6 Å². The number of benzene rings is 1. The van der Waals surface area contributed by atoms with Crippen LogP contribution in [-0.2, 0) is 9.84 Å². The summed E-state index contributed by atoms with van der Waals surface area (Å²) in [5, 5.41) is 0. The van der Waals surface area contributed by atoms with Crippen molar-refractivity contribution in [2.24, 2.45) is 5.92 Å². The van der Waals surface area contributed by atoms with Crippen LogP contribution in [0, 0.1) is 5.92 Å². The van der Waals surface area contributed by atoms with Crippen molar-refractivity contribution in [3.05, 3.63) is 18.2 Å². The highest BCUT2D eigenvalue weighted by Gasteiger charge is 2.16. The zero-order valence-electron chi connectivity index (χ0n) is 10.6. The third-order valence-electron chi connectivity index (χ3n) is 3.36. The maximum atomic E-state index is 11.4. The van der Waals surface area contributed by atoms with Crippen molar-refractivity contribution in [1.82, 2.24) is 0 Å². The van der Waals surface area contributed by atoms with Gasteiger partial charge in [-0.1, -0.05) is 12.8 Å². The highest BCUT2D eigenvalue weighted by molar-refractivity contribution is 7.99. The predicted octanol–water partition coefficient (Wildman–Crippen LogP) is 2.95. The molecule has 0 heterocycles. The van der Waals surface area contributed by atoms with Gasteiger partial charge in [-0.15, -0.1) is 11.8 Å². The van der Waals surface area contributed by atoms with E-state index in [1.165, 1.54) is 31.9 Å². The van der Waals surface area contributed by atoms with Crippen LogP contribution in [0.25, 0.3) is 0 Å². The zero-order valence-corrected chi connectivity index (χ0v) is 12.2. The van der Waals surface area contributed by atoms with Gasteiger partial charge in [-0.3, -0.25) is 0 Å². The van der Waals surface area contributed by atoms with Gasteiger partial charge < -0.3 is 5.73 Å². The molecule has 1 saturated carbocycles. The fourth-order valence-electron chi connectivity index (χ4n) is 2.27. The average molecular weight is 285 g/mol. The van der Waals surface area contributed by atoms with Crippen molar-refractivity contribution < 1.29 is 8.42 Å². The first-order valence-electron chi connectivity index (χ1n) is 6.19. The molecule has 2 rings (SSSR count). The van der Waals surface area contributed by atoms with E-state index in [1.54, 1.807) is 23.9 Å². The van der Waals surface area contributed by atoms with Gasteiger partial charge in [0.05, 0.1) is 4.90 Å². The molecule has 0 aliphatic heterocycles. The van der Waals surface area contributed by atoms with E-state index in [4.69, 9.17) is 5.73 Å². The van der Waals surface area contributed by atoms with Gasteiger partial charge in [-0.2, -0.15) is 0 Å². The smallest absolute Gasteiger partial charge is 0.175 e. The largest absolute Gasteiger partial charge is 0.398 e. The van der Waals surface area contributed by atoms with E-state index < -0.39 is 9.84 Å². The quantitative estimate of drug-likeness (QED) is 0.682. The monoisotopic (exact) mass is 285 g/mol. The fourth-order valence-corrected chi connectivity index (χ4v) is 4.07. The Balaban J connectivity index is 2.05. The van der Waals surface area contributed by atoms with Crippen LogP contribution in [0.15, 0.2) is 28.0 Å². The molecule has 3 nitrogen and oxygen atoms in total. The van der Waals surface area contributed by atoms with E-state index in [9.17, 15) is 8.42 Å². The minimum Gasteiger partial charge on any atom is -0.398 e. The van der Waals surface area contributed by atoms with Gasteiger partial charge in [0.15, 0.2) is 9.84 Å². The van der Waals surface area contributed by atoms with Crippen molar-refractivity contribution >= 4 is 27.3 Å². The molecule has 18 heavy (non-hydrogen) atoms. The maximum absolute atomic E-state index is 11.4. The summed E-state index contributed by atoms with van der Waals surface area (Å²) in [7, 11) is -3.16. The lowest BCUT2D eigenvalue weighted by Gasteiger charge is -2.10. The summed E-state index contributed by atoms with van der Waals surface area (Å²) >= 11 is 1.74. The molecule has 0 aromatic heterocycles. The SMILES string of the molecule is CS(=O)(=O)c1ccc(SCC2CCCC2)c(N)c1. The van der Waals surface area contributed by atoms with Crippen LogP contribution in [0.5, 0.6) is 0 Å². The molecule has 1 aromatic rings. The first kappa shape index (κ1) is 13.7. The normalized spacial score (nSPS) is 17.2. The number of nitrogen functional groups attached to an aromatic ring is 1. The minimum atomic E-state index is -3.16.